The van der Waals surface area contributed by atoms with E-state index >= 15 is 0 Å². The van der Waals surface area contributed by atoms with Gasteiger partial charge in [0.25, 0.3) is 0 Å². The number of aliphatic hydroxyl groups excluding tert-OH is 1. The third-order valence-corrected chi connectivity index (χ3v) is 2.99. The summed E-state index contributed by atoms with van der Waals surface area (Å²) in [5.41, 5.74) is 0.794. The van der Waals surface area contributed by atoms with Crippen molar-refractivity contribution in [1.82, 2.24) is 15.5 Å². The molecule has 0 aliphatic heterocycles. The Hall–Kier alpha value is -1.36. The van der Waals surface area contributed by atoms with Crippen molar-refractivity contribution < 1.29 is 9.90 Å². The van der Waals surface area contributed by atoms with Gasteiger partial charge in [-0.05, 0) is 18.9 Å². The maximum absolute atomic E-state index is 11.7. The second-order valence-corrected chi connectivity index (χ2v) is 4.28. The minimum atomic E-state index is -0.389. The number of nitrogens with zero attached hydrogens (tertiary/aromatic N) is 1. The summed E-state index contributed by atoms with van der Waals surface area (Å²) in [6.45, 7) is 0. The van der Waals surface area contributed by atoms with E-state index in [2.05, 4.69) is 15.5 Å². The third kappa shape index (κ3) is 2.82. The molecule has 88 valence electrons. The molecule has 1 aliphatic rings. The molecule has 1 aliphatic carbocycles. The minimum Gasteiger partial charge on any atom is -0.391 e. The Morgan fingerprint density at radius 3 is 3.06 bits per heavy atom. The summed E-state index contributed by atoms with van der Waals surface area (Å²) in [6, 6.07) is 1.70. The number of hydrogen-bond acceptors (Lipinski definition) is 3. The zero-order valence-corrected chi connectivity index (χ0v) is 9.15. The third-order valence-electron chi connectivity index (χ3n) is 2.99. The van der Waals surface area contributed by atoms with Crippen molar-refractivity contribution in [3.8, 4) is 0 Å². The predicted octanol–water partition coefficient (Wildman–Crippen LogP) is 0.372. The van der Waals surface area contributed by atoms with Crippen molar-refractivity contribution in [2.75, 3.05) is 0 Å². The molecule has 0 aromatic carbocycles. The quantitative estimate of drug-likeness (QED) is 0.693. The number of H-pyrrole nitrogens is 1. The van der Waals surface area contributed by atoms with Gasteiger partial charge in [-0.15, -0.1) is 0 Å². The zero-order valence-electron chi connectivity index (χ0n) is 9.15. The minimum absolute atomic E-state index is 0.0600. The summed E-state index contributed by atoms with van der Waals surface area (Å²) in [7, 11) is 0. The van der Waals surface area contributed by atoms with Crippen LogP contribution in [0.3, 0.4) is 0 Å². The topological polar surface area (TPSA) is 78.0 Å². The van der Waals surface area contributed by atoms with Gasteiger partial charge in [0.2, 0.25) is 5.91 Å². The van der Waals surface area contributed by atoms with E-state index in [4.69, 9.17) is 0 Å². The first-order valence-corrected chi connectivity index (χ1v) is 5.71. The molecular weight excluding hydrogens is 206 g/mol. The number of hydrogen-bond donors (Lipinski definition) is 3. The normalized spacial score (nSPS) is 25.3. The van der Waals surface area contributed by atoms with Crippen LogP contribution in [0.4, 0.5) is 0 Å². The van der Waals surface area contributed by atoms with Crippen LogP contribution in [0.2, 0.25) is 0 Å². The van der Waals surface area contributed by atoms with E-state index in [1.807, 2.05) is 0 Å². The van der Waals surface area contributed by atoms with Gasteiger partial charge in [-0.2, -0.15) is 5.10 Å². The van der Waals surface area contributed by atoms with Crippen molar-refractivity contribution in [1.29, 1.82) is 0 Å². The van der Waals surface area contributed by atoms with E-state index in [0.29, 0.717) is 6.42 Å². The highest BCUT2D eigenvalue weighted by molar-refractivity contribution is 5.78. The molecule has 1 fully saturated rings. The molecule has 1 heterocycles. The van der Waals surface area contributed by atoms with Crippen molar-refractivity contribution >= 4 is 5.91 Å². The van der Waals surface area contributed by atoms with Gasteiger partial charge < -0.3 is 10.4 Å². The van der Waals surface area contributed by atoms with Crippen molar-refractivity contribution in [2.24, 2.45) is 0 Å². The molecule has 0 radical (unpaired) electrons. The average Bonchev–Trinajstić information content (AvgIpc) is 2.74. The molecule has 5 nitrogen and oxygen atoms in total. The van der Waals surface area contributed by atoms with Crippen LogP contribution in [-0.4, -0.2) is 33.4 Å². The van der Waals surface area contributed by atoms with Gasteiger partial charge in [-0.1, -0.05) is 12.8 Å². The largest absolute Gasteiger partial charge is 0.391 e. The van der Waals surface area contributed by atoms with Crippen molar-refractivity contribution in [3.63, 3.8) is 0 Å². The summed E-state index contributed by atoms with van der Waals surface area (Å²) in [5, 5.41) is 19.1. The molecule has 0 unspecified atom stereocenters. The summed E-state index contributed by atoms with van der Waals surface area (Å²) >= 11 is 0. The molecule has 1 aromatic heterocycles. The number of rotatable bonds is 3. The highest BCUT2D eigenvalue weighted by atomic mass is 16.3. The lowest BCUT2D eigenvalue weighted by Crippen LogP contribution is -2.45. The van der Waals surface area contributed by atoms with Crippen LogP contribution in [0.15, 0.2) is 12.3 Å². The first kappa shape index (κ1) is 11.1. The Morgan fingerprint density at radius 2 is 2.38 bits per heavy atom. The van der Waals surface area contributed by atoms with Crippen LogP contribution >= 0.6 is 0 Å². The lowest BCUT2D eigenvalue weighted by atomic mass is 9.92. The SMILES string of the molecule is O=C(Cc1ccn[nH]1)N[C@@H]1CCCC[C@H]1O. The number of aliphatic hydroxyl groups is 1. The van der Waals surface area contributed by atoms with Gasteiger partial charge in [0.1, 0.15) is 0 Å². The fourth-order valence-corrected chi connectivity index (χ4v) is 2.09. The van der Waals surface area contributed by atoms with Gasteiger partial charge >= 0.3 is 0 Å². The maximum atomic E-state index is 11.7. The Bertz CT molecular complexity index is 337. The second-order valence-electron chi connectivity index (χ2n) is 4.28. The number of nitrogens with one attached hydrogen (secondary N) is 2. The van der Waals surface area contributed by atoms with E-state index in [1.165, 1.54) is 0 Å². The molecule has 5 heteroatoms. The first-order chi connectivity index (χ1) is 7.75. The molecule has 2 atom stereocenters. The summed E-state index contributed by atoms with van der Waals surface area (Å²) in [4.78, 5) is 11.7. The van der Waals surface area contributed by atoms with Gasteiger partial charge in [0.05, 0.1) is 18.6 Å². The highest BCUT2D eigenvalue weighted by Gasteiger charge is 2.24. The van der Waals surface area contributed by atoms with Crippen molar-refractivity contribution in [2.45, 2.75) is 44.2 Å². The second kappa shape index (κ2) is 5.12. The molecule has 0 saturated heterocycles. The average molecular weight is 223 g/mol. The number of amides is 1. The van der Waals surface area contributed by atoms with E-state index < -0.39 is 0 Å². The smallest absolute Gasteiger partial charge is 0.226 e. The van der Waals surface area contributed by atoms with Gasteiger partial charge in [0, 0.05) is 11.9 Å². The van der Waals surface area contributed by atoms with E-state index in [-0.39, 0.29) is 18.1 Å². The van der Waals surface area contributed by atoms with Gasteiger partial charge in [-0.25, -0.2) is 0 Å². The lowest BCUT2D eigenvalue weighted by Gasteiger charge is -2.28. The molecule has 1 aromatic rings. The maximum Gasteiger partial charge on any atom is 0.226 e. The molecule has 0 bridgehead atoms. The van der Waals surface area contributed by atoms with Crippen LogP contribution in [0.1, 0.15) is 31.4 Å². The zero-order chi connectivity index (χ0) is 11.4. The molecule has 1 amide bonds. The number of carbonyl (C=O) groups is 1. The Balaban J connectivity index is 1.82. The molecule has 0 spiro atoms. The van der Waals surface area contributed by atoms with E-state index in [1.54, 1.807) is 12.3 Å². The molecule has 16 heavy (non-hydrogen) atoms. The van der Waals surface area contributed by atoms with Crippen LogP contribution in [-0.2, 0) is 11.2 Å². The van der Waals surface area contributed by atoms with E-state index in [9.17, 15) is 9.90 Å². The number of aromatic amines is 1. The van der Waals surface area contributed by atoms with Crippen LogP contribution in [0.5, 0.6) is 0 Å². The fourth-order valence-electron chi connectivity index (χ4n) is 2.09. The molecular formula is C11H17N3O2. The van der Waals surface area contributed by atoms with Gasteiger partial charge in [-0.3, -0.25) is 9.89 Å². The van der Waals surface area contributed by atoms with Gasteiger partial charge in [0.15, 0.2) is 0 Å². The predicted molar refractivity (Wildman–Crippen MR) is 58.7 cm³/mol. The first-order valence-electron chi connectivity index (χ1n) is 5.71. The van der Waals surface area contributed by atoms with Crippen LogP contribution < -0.4 is 5.32 Å². The summed E-state index contributed by atoms with van der Waals surface area (Å²) in [6.07, 6.45) is 5.31. The lowest BCUT2D eigenvalue weighted by molar-refractivity contribution is -0.122. The fraction of sp³-hybridized carbons (Fsp3) is 0.636. The number of aromatic nitrogens is 2. The summed E-state index contributed by atoms with van der Waals surface area (Å²) in [5.74, 6) is -0.0600. The van der Waals surface area contributed by atoms with E-state index in [0.717, 1.165) is 31.4 Å². The van der Waals surface area contributed by atoms with Crippen molar-refractivity contribution in [3.05, 3.63) is 18.0 Å². The summed E-state index contributed by atoms with van der Waals surface area (Å²) < 4.78 is 0. The molecule has 1 saturated carbocycles. The Morgan fingerprint density at radius 1 is 1.56 bits per heavy atom. The monoisotopic (exact) mass is 223 g/mol. The van der Waals surface area contributed by atoms with Crippen LogP contribution in [0.25, 0.3) is 0 Å². The Kier molecular flexibility index (Phi) is 3.56. The standard InChI is InChI=1S/C11H17N3O2/c15-10-4-2-1-3-9(10)13-11(16)7-8-5-6-12-14-8/h5-6,9-10,15H,1-4,7H2,(H,12,14)(H,13,16)/t9-,10-/m1/s1. The Labute approximate surface area is 94.2 Å². The molecule has 2 rings (SSSR count). The van der Waals surface area contributed by atoms with Crippen LogP contribution in [0, 0.1) is 0 Å². The molecule has 3 N–H and O–H groups in total. The number of carbonyl (C=O) groups excluding carboxylic acids is 1. The highest BCUT2D eigenvalue weighted by Crippen LogP contribution is 2.18.